The molecule has 2 nitrogen and oxygen atoms in total. The number of likely N-dealkylation sites (tertiary alicyclic amines) is 1. The summed E-state index contributed by atoms with van der Waals surface area (Å²) in [6.07, 6.45) is 2.54. The highest BCUT2D eigenvalue weighted by molar-refractivity contribution is 9.10. The summed E-state index contributed by atoms with van der Waals surface area (Å²) in [5.41, 5.74) is 1.18. The van der Waals surface area contributed by atoms with Gasteiger partial charge in [0.15, 0.2) is 0 Å². The molecule has 0 bridgehead atoms. The van der Waals surface area contributed by atoms with Crippen LogP contribution in [0, 0.1) is 0 Å². The molecule has 0 aromatic heterocycles. The molecule has 0 spiro atoms. The molecule has 1 heterocycles. The normalized spacial score (nSPS) is 22.4. The molecule has 0 radical (unpaired) electrons. The van der Waals surface area contributed by atoms with Gasteiger partial charge in [-0.15, -0.1) is 0 Å². The monoisotopic (exact) mass is 344 g/mol. The zero-order valence-electron chi connectivity index (χ0n) is 11.6. The molecule has 1 aliphatic heterocycles. The molecule has 19 heavy (non-hydrogen) atoms. The molecule has 0 amide bonds. The minimum Gasteiger partial charge on any atom is -0.306 e. The molecule has 2 atom stereocenters. The number of benzene rings is 1. The summed E-state index contributed by atoms with van der Waals surface area (Å²) in [6, 6.07) is 6.99. The predicted molar refractivity (Wildman–Crippen MR) is 85.8 cm³/mol. The topological polar surface area (TPSA) is 15.3 Å². The van der Waals surface area contributed by atoms with Gasteiger partial charge in [-0.25, -0.2) is 0 Å². The largest absolute Gasteiger partial charge is 0.306 e. The van der Waals surface area contributed by atoms with E-state index in [0.29, 0.717) is 12.1 Å². The standard InChI is InChI=1S/C15H22BrClN2/c1-3-19-8-4-5-13(10-19)18-11(2)14-7-6-12(16)9-15(14)17/h6-7,9,11,13,18H,3-5,8,10H2,1-2H3. The molecule has 1 N–H and O–H groups in total. The van der Waals surface area contributed by atoms with E-state index in [0.717, 1.165) is 22.6 Å². The van der Waals surface area contributed by atoms with Crippen molar-refractivity contribution >= 4 is 27.5 Å². The van der Waals surface area contributed by atoms with Crippen molar-refractivity contribution in [3.8, 4) is 0 Å². The molecule has 2 rings (SSSR count). The molecule has 0 aliphatic carbocycles. The molecule has 106 valence electrons. The lowest BCUT2D eigenvalue weighted by molar-refractivity contribution is 0.192. The van der Waals surface area contributed by atoms with Gasteiger partial charge in [-0.2, -0.15) is 0 Å². The Morgan fingerprint density at radius 1 is 1.53 bits per heavy atom. The van der Waals surface area contributed by atoms with Crippen molar-refractivity contribution in [1.82, 2.24) is 10.2 Å². The quantitative estimate of drug-likeness (QED) is 0.878. The van der Waals surface area contributed by atoms with Crippen molar-refractivity contribution in [2.45, 2.75) is 38.8 Å². The van der Waals surface area contributed by atoms with E-state index < -0.39 is 0 Å². The molecule has 2 unspecified atom stereocenters. The van der Waals surface area contributed by atoms with Gasteiger partial charge in [0.2, 0.25) is 0 Å². The summed E-state index contributed by atoms with van der Waals surface area (Å²) in [4.78, 5) is 2.51. The molecule has 1 aromatic carbocycles. The summed E-state index contributed by atoms with van der Waals surface area (Å²) >= 11 is 9.77. The third-order valence-electron chi connectivity index (χ3n) is 3.87. The lowest BCUT2D eigenvalue weighted by atomic mass is 10.0. The first kappa shape index (κ1) is 15.3. The van der Waals surface area contributed by atoms with Gasteiger partial charge in [-0.3, -0.25) is 0 Å². The number of nitrogens with zero attached hydrogens (tertiary/aromatic N) is 1. The van der Waals surface area contributed by atoms with Gasteiger partial charge in [0, 0.05) is 28.1 Å². The Morgan fingerprint density at radius 2 is 2.32 bits per heavy atom. The van der Waals surface area contributed by atoms with Crippen LogP contribution in [0.1, 0.15) is 38.3 Å². The van der Waals surface area contributed by atoms with Gasteiger partial charge in [-0.05, 0) is 50.6 Å². The lowest BCUT2D eigenvalue weighted by Gasteiger charge is -2.34. The Labute approximate surface area is 129 Å². The first-order valence-electron chi connectivity index (χ1n) is 7.03. The number of rotatable bonds is 4. The van der Waals surface area contributed by atoms with Crippen LogP contribution >= 0.6 is 27.5 Å². The zero-order valence-corrected chi connectivity index (χ0v) is 14.0. The predicted octanol–water partition coefficient (Wildman–Crippen LogP) is 4.24. The van der Waals surface area contributed by atoms with E-state index in [2.05, 4.69) is 52.1 Å². The van der Waals surface area contributed by atoms with E-state index in [9.17, 15) is 0 Å². The lowest BCUT2D eigenvalue weighted by Crippen LogP contribution is -2.46. The molecule has 4 heteroatoms. The Hall–Kier alpha value is -0.0900. The molecule has 1 saturated heterocycles. The van der Waals surface area contributed by atoms with Crippen LogP contribution in [0.4, 0.5) is 0 Å². The number of likely N-dealkylation sites (N-methyl/N-ethyl adjacent to an activating group) is 1. The van der Waals surface area contributed by atoms with Gasteiger partial charge < -0.3 is 10.2 Å². The number of piperidine rings is 1. The van der Waals surface area contributed by atoms with E-state index in [4.69, 9.17) is 11.6 Å². The average Bonchev–Trinajstić information content (AvgIpc) is 2.38. The Kier molecular flexibility index (Phi) is 5.70. The van der Waals surface area contributed by atoms with Crippen molar-refractivity contribution in [3.63, 3.8) is 0 Å². The summed E-state index contributed by atoms with van der Waals surface area (Å²) in [5.74, 6) is 0. The maximum atomic E-state index is 6.32. The summed E-state index contributed by atoms with van der Waals surface area (Å²) in [6.45, 7) is 7.96. The van der Waals surface area contributed by atoms with E-state index >= 15 is 0 Å². The van der Waals surface area contributed by atoms with Crippen LogP contribution in [-0.4, -0.2) is 30.6 Å². The summed E-state index contributed by atoms with van der Waals surface area (Å²) in [5, 5.41) is 4.55. The van der Waals surface area contributed by atoms with Crippen LogP contribution in [0.2, 0.25) is 5.02 Å². The second-order valence-electron chi connectivity index (χ2n) is 5.29. The Morgan fingerprint density at radius 3 is 3.00 bits per heavy atom. The Bertz CT molecular complexity index is 425. The Balaban J connectivity index is 1.98. The third kappa shape index (κ3) is 4.19. The number of hydrogen-bond donors (Lipinski definition) is 1. The molecule has 0 saturated carbocycles. The molecule has 1 aromatic rings. The van der Waals surface area contributed by atoms with Crippen LogP contribution in [0.3, 0.4) is 0 Å². The third-order valence-corrected chi connectivity index (χ3v) is 4.69. The van der Waals surface area contributed by atoms with Gasteiger partial charge in [0.1, 0.15) is 0 Å². The number of halogens is 2. The summed E-state index contributed by atoms with van der Waals surface area (Å²) < 4.78 is 1.03. The van der Waals surface area contributed by atoms with E-state index in [1.54, 1.807) is 0 Å². The average molecular weight is 346 g/mol. The molecule has 1 aliphatic rings. The fourth-order valence-corrected chi connectivity index (χ4v) is 3.61. The van der Waals surface area contributed by atoms with Crippen molar-refractivity contribution in [3.05, 3.63) is 33.3 Å². The minimum absolute atomic E-state index is 0.294. The maximum Gasteiger partial charge on any atom is 0.0464 e. The molecular weight excluding hydrogens is 324 g/mol. The minimum atomic E-state index is 0.294. The highest BCUT2D eigenvalue weighted by atomic mass is 79.9. The molecular formula is C15H22BrClN2. The maximum absolute atomic E-state index is 6.32. The first-order valence-corrected chi connectivity index (χ1v) is 8.20. The van der Waals surface area contributed by atoms with Crippen molar-refractivity contribution in [1.29, 1.82) is 0 Å². The van der Waals surface area contributed by atoms with Gasteiger partial charge in [0.05, 0.1) is 0 Å². The van der Waals surface area contributed by atoms with Crippen LogP contribution in [0.25, 0.3) is 0 Å². The highest BCUT2D eigenvalue weighted by Gasteiger charge is 2.21. The highest BCUT2D eigenvalue weighted by Crippen LogP contribution is 2.27. The van der Waals surface area contributed by atoms with Crippen molar-refractivity contribution in [2.24, 2.45) is 0 Å². The van der Waals surface area contributed by atoms with Crippen molar-refractivity contribution < 1.29 is 0 Å². The van der Waals surface area contributed by atoms with Crippen LogP contribution in [0.15, 0.2) is 22.7 Å². The van der Waals surface area contributed by atoms with Crippen LogP contribution in [-0.2, 0) is 0 Å². The van der Waals surface area contributed by atoms with E-state index in [1.165, 1.54) is 24.9 Å². The zero-order chi connectivity index (χ0) is 13.8. The number of nitrogens with one attached hydrogen (secondary N) is 1. The second-order valence-corrected chi connectivity index (χ2v) is 6.61. The van der Waals surface area contributed by atoms with Gasteiger partial charge in [0.25, 0.3) is 0 Å². The number of hydrogen-bond acceptors (Lipinski definition) is 2. The van der Waals surface area contributed by atoms with Crippen LogP contribution in [0.5, 0.6) is 0 Å². The summed E-state index contributed by atoms with van der Waals surface area (Å²) in [7, 11) is 0. The first-order chi connectivity index (χ1) is 9.10. The smallest absolute Gasteiger partial charge is 0.0464 e. The van der Waals surface area contributed by atoms with Crippen molar-refractivity contribution in [2.75, 3.05) is 19.6 Å². The fourth-order valence-electron chi connectivity index (χ4n) is 2.77. The fraction of sp³-hybridized carbons (Fsp3) is 0.600. The second kappa shape index (κ2) is 7.07. The van der Waals surface area contributed by atoms with Gasteiger partial charge in [-0.1, -0.05) is 40.5 Å². The van der Waals surface area contributed by atoms with E-state index in [1.807, 2.05) is 6.07 Å². The van der Waals surface area contributed by atoms with Crippen LogP contribution < -0.4 is 5.32 Å². The SMILES string of the molecule is CCN1CCCC(NC(C)c2ccc(Br)cc2Cl)C1. The van der Waals surface area contributed by atoms with Gasteiger partial charge >= 0.3 is 0 Å². The molecule has 1 fully saturated rings. The van der Waals surface area contributed by atoms with E-state index in [-0.39, 0.29) is 0 Å².